The second-order valence-electron chi connectivity index (χ2n) is 6.82. The van der Waals surface area contributed by atoms with Gasteiger partial charge >= 0.3 is 0 Å². The Morgan fingerprint density at radius 2 is 2.21 bits per heavy atom. The van der Waals surface area contributed by atoms with Crippen molar-refractivity contribution in [2.24, 2.45) is 5.92 Å². The lowest BCUT2D eigenvalue weighted by Crippen LogP contribution is -2.27. The third kappa shape index (κ3) is 4.20. The number of carbonyl (C=O) groups excluding carboxylic acids is 1. The van der Waals surface area contributed by atoms with Gasteiger partial charge in [0.2, 0.25) is 6.41 Å². The molecule has 1 fully saturated rings. The molecule has 0 unspecified atom stereocenters. The molecule has 28 heavy (non-hydrogen) atoms. The molecule has 2 aromatic heterocycles. The molecule has 0 saturated carbocycles. The van der Waals surface area contributed by atoms with Gasteiger partial charge in [0.1, 0.15) is 5.01 Å². The molecule has 148 valence electrons. The zero-order chi connectivity index (χ0) is 19.3. The van der Waals surface area contributed by atoms with Gasteiger partial charge in [-0.25, -0.2) is 4.98 Å². The van der Waals surface area contributed by atoms with Gasteiger partial charge in [0.25, 0.3) is 0 Å². The predicted molar refractivity (Wildman–Crippen MR) is 110 cm³/mol. The highest BCUT2D eigenvalue weighted by atomic mass is 35.5. The summed E-state index contributed by atoms with van der Waals surface area (Å²) in [6, 6.07) is 5.97. The summed E-state index contributed by atoms with van der Waals surface area (Å²) in [4.78, 5) is 15.0. The molecule has 1 saturated heterocycles. The highest BCUT2D eigenvalue weighted by Gasteiger charge is 2.20. The van der Waals surface area contributed by atoms with E-state index < -0.39 is 0 Å². The molecule has 4 rings (SSSR count). The van der Waals surface area contributed by atoms with Gasteiger partial charge in [0.05, 0.1) is 23.8 Å². The largest absolute Gasteiger partial charge is 0.381 e. The van der Waals surface area contributed by atoms with Gasteiger partial charge in [-0.15, -0.1) is 0 Å². The average molecular weight is 420 g/mol. The van der Waals surface area contributed by atoms with E-state index in [-0.39, 0.29) is 0 Å². The Morgan fingerprint density at radius 3 is 3.04 bits per heavy atom. The van der Waals surface area contributed by atoms with Crippen LogP contribution in [0.4, 0.5) is 0 Å². The molecule has 1 aliphatic rings. The van der Waals surface area contributed by atoms with Crippen LogP contribution in [0.25, 0.3) is 22.3 Å². The van der Waals surface area contributed by atoms with Gasteiger partial charge in [0.15, 0.2) is 5.82 Å². The number of nitrogens with one attached hydrogen (secondary N) is 2. The number of benzene rings is 1. The number of hydrogen-bond donors (Lipinski definition) is 2. The SMILES string of the molecule is O=CNCNCc1nc(-c2cn(CC3CCOCC3)c3c(Cl)cccc23)ns1. The van der Waals surface area contributed by atoms with Crippen LogP contribution in [0.3, 0.4) is 0 Å². The van der Waals surface area contributed by atoms with Gasteiger partial charge in [-0.05, 0) is 36.4 Å². The second-order valence-corrected chi connectivity index (χ2v) is 8.07. The summed E-state index contributed by atoms with van der Waals surface area (Å²) in [7, 11) is 0. The molecule has 0 radical (unpaired) electrons. The van der Waals surface area contributed by atoms with E-state index in [0.717, 1.165) is 59.1 Å². The van der Waals surface area contributed by atoms with E-state index in [4.69, 9.17) is 16.3 Å². The minimum absolute atomic E-state index is 0.401. The van der Waals surface area contributed by atoms with E-state index in [1.165, 1.54) is 11.5 Å². The number of aromatic nitrogens is 3. The van der Waals surface area contributed by atoms with Crippen LogP contribution in [0.2, 0.25) is 5.02 Å². The first kappa shape index (κ1) is 19.3. The van der Waals surface area contributed by atoms with E-state index in [9.17, 15) is 4.79 Å². The van der Waals surface area contributed by atoms with Crippen molar-refractivity contribution >= 4 is 40.4 Å². The maximum atomic E-state index is 10.3. The number of ether oxygens (including phenoxy) is 1. The molecule has 1 aromatic carbocycles. The smallest absolute Gasteiger partial charge is 0.208 e. The Balaban J connectivity index is 1.61. The molecule has 3 heterocycles. The van der Waals surface area contributed by atoms with Crippen molar-refractivity contribution in [2.45, 2.75) is 25.9 Å². The molecule has 7 nitrogen and oxygen atoms in total. The molecule has 3 aromatic rings. The van der Waals surface area contributed by atoms with Crippen LogP contribution in [0.1, 0.15) is 17.8 Å². The molecule has 1 amide bonds. The lowest BCUT2D eigenvalue weighted by Gasteiger charge is -2.23. The van der Waals surface area contributed by atoms with Gasteiger partial charge in [-0.1, -0.05) is 23.7 Å². The van der Waals surface area contributed by atoms with Crippen molar-refractivity contribution in [2.75, 3.05) is 19.9 Å². The monoisotopic (exact) mass is 419 g/mol. The number of para-hydroxylation sites is 1. The summed E-state index contributed by atoms with van der Waals surface area (Å²) in [5.74, 6) is 1.30. The number of hydrogen-bond acceptors (Lipinski definition) is 6. The number of fused-ring (bicyclic) bond motifs is 1. The minimum atomic E-state index is 0.401. The first-order valence-corrected chi connectivity index (χ1v) is 10.5. The topological polar surface area (TPSA) is 81.1 Å². The summed E-state index contributed by atoms with van der Waals surface area (Å²) in [5.41, 5.74) is 2.04. The highest BCUT2D eigenvalue weighted by Crippen LogP contribution is 2.35. The van der Waals surface area contributed by atoms with Gasteiger partial charge in [-0.2, -0.15) is 4.37 Å². The second kappa shape index (κ2) is 9.00. The van der Waals surface area contributed by atoms with Crippen LogP contribution in [-0.4, -0.2) is 40.2 Å². The third-order valence-electron chi connectivity index (χ3n) is 4.94. The van der Waals surface area contributed by atoms with Crippen molar-refractivity contribution in [1.82, 2.24) is 24.6 Å². The molecule has 0 bridgehead atoms. The quantitative estimate of drug-likeness (QED) is 0.333. The van der Waals surface area contributed by atoms with E-state index in [0.29, 0.717) is 31.4 Å². The minimum Gasteiger partial charge on any atom is -0.381 e. The molecular formula is C19H22ClN5O2S. The zero-order valence-corrected chi connectivity index (χ0v) is 16.9. The maximum absolute atomic E-state index is 10.3. The molecule has 1 aliphatic heterocycles. The number of halogens is 1. The summed E-state index contributed by atoms with van der Waals surface area (Å²) in [6.45, 7) is 3.53. The molecule has 0 aliphatic carbocycles. The van der Waals surface area contributed by atoms with Gasteiger partial charge in [0, 0.05) is 36.9 Å². The van der Waals surface area contributed by atoms with Crippen molar-refractivity contribution in [3.63, 3.8) is 0 Å². The summed E-state index contributed by atoms with van der Waals surface area (Å²) in [6.07, 6.45) is 4.92. The Labute approximate surface area is 172 Å². The molecule has 0 spiro atoms. The van der Waals surface area contributed by atoms with Crippen molar-refractivity contribution in [3.8, 4) is 11.4 Å². The Hall–Kier alpha value is -2.00. The van der Waals surface area contributed by atoms with Crippen molar-refractivity contribution < 1.29 is 9.53 Å². The van der Waals surface area contributed by atoms with E-state index in [1.807, 2.05) is 12.1 Å². The first-order valence-electron chi connectivity index (χ1n) is 9.32. The van der Waals surface area contributed by atoms with E-state index in [1.54, 1.807) is 0 Å². The normalized spacial score (nSPS) is 15.2. The zero-order valence-electron chi connectivity index (χ0n) is 15.4. The highest BCUT2D eigenvalue weighted by molar-refractivity contribution is 7.05. The third-order valence-corrected chi connectivity index (χ3v) is 5.96. The van der Waals surface area contributed by atoms with E-state index >= 15 is 0 Å². The van der Waals surface area contributed by atoms with Crippen LogP contribution in [0.15, 0.2) is 24.4 Å². The lowest BCUT2D eigenvalue weighted by atomic mass is 10.0. The van der Waals surface area contributed by atoms with Gasteiger partial charge < -0.3 is 14.6 Å². The lowest BCUT2D eigenvalue weighted by molar-refractivity contribution is -0.109. The summed E-state index contributed by atoms with van der Waals surface area (Å²) in [5, 5.41) is 8.35. The van der Waals surface area contributed by atoms with Crippen LogP contribution in [0.5, 0.6) is 0 Å². The molecule has 0 atom stereocenters. The van der Waals surface area contributed by atoms with E-state index in [2.05, 4.69) is 36.8 Å². The molecular weight excluding hydrogens is 398 g/mol. The van der Waals surface area contributed by atoms with Crippen LogP contribution in [-0.2, 0) is 22.6 Å². The predicted octanol–water partition coefficient (Wildman–Crippen LogP) is 3.03. The fourth-order valence-electron chi connectivity index (χ4n) is 3.56. The Kier molecular flexibility index (Phi) is 6.21. The molecule has 2 N–H and O–H groups in total. The van der Waals surface area contributed by atoms with Crippen molar-refractivity contribution in [1.29, 1.82) is 0 Å². The first-order chi connectivity index (χ1) is 13.8. The number of amides is 1. The van der Waals surface area contributed by atoms with Crippen LogP contribution in [0, 0.1) is 5.92 Å². The number of rotatable bonds is 8. The fraction of sp³-hybridized carbons (Fsp3) is 0.421. The Bertz CT molecular complexity index is 951. The Morgan fingerprint density at radius 1 is 1.36 bits per heavy atom. The fourth-order valence-corrected chi connectivity index (χ4v) is 4.47. The average Bonchev–Trinajstić information content (AvgIpc) is 3.32. The standard InChI is InChI=1S/C19H22ClN5O2S/c20-16-3-1-2-14-15(19-23-17(28-24-19)8-21-11-22-12-26)10-25(18(14)16)9-13-4-6-27-7-5-13/h1-3,10,12-13,21H,4-9,11H2,(H,22,26). The summed E-state index contributed by atoms with van der Waals surface area (Å²) < 4.78 is 12.3. The van der Waals surface area contributed by atoms with Crippen LogP contribution < -0.4 is 10.6 Å². The van der Waals surface area contributed by atoms with Crippen LogP contribution >= 0.6 is 23.1 Å². The summed E-state index contributed by atoms with van der Waals surface area (Å²) >= 11 is 7.92. The number of carbonyl (C=O) groups is 1. The molecule has 9 heteroatoms. The number of nitrogens with zero attached hydrogens (tertiary/aromatic N) is 3. The maximum Gasteiger partial charge on any atom is 0.208 e. The van der Waals surface area contributed by atoms with Gasteiger partial charge in [-0.3, -0.25) is 10.1 Å². The van der Waals surface area contributed by atoms with Crippen molar-refractivity contribution in [3.05, 3.63) is 34.4 Å².